The molecule has 0 radical (unpaired) electrons. The number of nitrogens with two attached hydrogens (primary N) is 1. The van der Waals surface area contributed by atoms with Crippen molar-refractivity contribution < 1.29 is 9.66 Å². The molecule has 10 heteroatoms. The van der Waals surface area contributed by atoms with Crippen LogP contribution < -0.4 is 16.0 Å². The monoisotopic (exact) mass is 359 g/mol. The van der Waals surface area contributed by atoms with Crippen LogP contribution in [0.15, 0.2) is 29.0 Å². The molecular formula is C10H7BrClN5O3. The normalized spacial score (nSPS) is 10.2. The highest BCUT2D eigenvalue weighted by Crippen LogP contribution is 2.40. The van der Waals surface area contributed by atoms with Gasteiger partial charge in [0.05, 0.1) is 9.95 Å². The average Bonchev–Trinajstić information content (AvgIpc) is 2.42. The minimum atomic E-state index is -0.599. The highest BCUT2D eigenvalue weighted by atomic mass is 79.9. The Balaban J connectivity index is 2.48. The molecule has 0 bridgehead atoms. The Hall–Kier alpha value is -1.97. The maximum Gasteiger partial charge on any atom is 0.313 e. The molecule has 1 aromatic heterocycles. The second-order valence-corrected chi connectivity index (χ2v) is 4.63. The first kappa shape index (κ1) is 14.4. The van der Waals surface area contributed by atoms with Gasteiger partial charge in [0, 0.05) is 6.07 Å². The topological polar surface area (TPSA) is 116 Å². The van der Waals surface area contributed by atoms with Crippen LogP contribution in [0.5, 0.6) is 11.6 Å². The Labute approximate surface area is 126 Å². The molecular weight excluding hydrogens is 353 g/mol. The number of nitro groups is 1. The number of hydrazine groups is 1. The molecule has 0 amide bonds. The van der Waals surface area contributed by atoms with E-state index in [0.29, 0.717) is 4.47 Å². The molecule has 0 atom stereocenters. The summed E-state index contributed by atoms with van der Waals surface area (Å²) in [7, 11) is 0. The fourth-order valence-electron chi connectivity index (χ4n) is 1.36. The highest BCUT2D eigenvalue weighted by Gasteiger charge is 2.21. The number of benzene rings is 1. The predicted molar refractivity (Wildman–Crippen MR) is 75.7 cm³/mol. The number of ether oxygens (including phenoxy) is 1. The Morgan fingerprint density at radius 3 is 2.85 bits per heavy atom. The summed E-state index contributed by atoms with van der Waals surface area (Å²) in [6, 6.07) is 4.20. The Kier molecular flexibility index (Phi) is 4.32. The maximum absolute atomic E-state index is 11.0. The molecule has 0 unspecified atom stereocenters. The van der Waals surface area contributed by atoms with Gasteiger partial charge in [-0.1, -0.05) is 17.7 Å². The molecule has 0 aliphatic rings. The maximum atomic E-state index is 11.0. The van der Waals surface area contributed by atoms with E-state index in [1.165, 1.54) is 24.5 Å². The first-order valence-electron chi connectivity index (χ1n) is 5.12. The van der Waals surface area contributed by atoms with Crippen molar-refractivity contribution in [2.45, 2.75) is 0 Å². The summed E-state index contributed by atoms with van der Waals surface area (Å²) < 4.78 is 5.72. The third-order valence-corrected chi connectivity index (χ3v) is 3.25. The number of para-hydroxylation sites is 1. The molecule has 0 aliphatic carbocycles. The number of nitro benzene ring substituents is 1. The average molecular weight is 361 g/mol. The molecule has 0 fully saturated rings. The number of nitrogen functional groups attached to an aromatic ring is 1. The SMILES string of the molecule is NNc1ncnc(Oc2c(Cl)cccc2[N+](=O)[O-])c1Br. The molecule has 0 aliphatic heterocycles. The number of nitrogens with one attached hydrogen (secondary N) is 1. The fraction of sp³-hybridized carbons (Fsp3) is 0. The van der Waals surface area contributed by atoms with Crippen LogP contribution in [-0.4, -0.2) is 14.9 Å². The second-order valence-electron chi connectivity index (χ2n) is 3.43. The van der Waals surface area contributed by atoms with Crippen molar-refractivity contribution >= 4 is 39.0 Å². The number of rotatable bonds is 4. The van der Waals surface area contributed by atoms with Crippen molar-refractivity contribution in [1.82, 2.24) is 9.97 Å². The minimum Gasteiger partial charge on any atom is -0.429 e. The van der Waals surface area contributed by atoms with Crippen molar-refractivity contribution in [3.05, 3.63) is 44.1 Å². The molecule has 104 valence electrons. The van der Waals surface area contributed by atoms with E-state index < -0.39 is 4.92 Å². The van der Waals surface area contributed by atoms with Crippen LogP contribution in [-0.2, 0) is 0 Å². The van der Waals surface area contributed by atoms with Crippen LogP contribution in [0.4, 0.5) is 11.5 Å². The van der Waals surface area contributed by atoms with Gasteiger partial charge in [0.2, 0.25) is 11.6 Å². The zero-order chi connectivity index (χ0) is 14.7. The standard InChI is InChI=1S/C10H7BrClN5O3/c11-7-9(16-13)14-4-15-10(7)20-8-5(12)2-1-3-6(8)17(18)19/h1-4H,13H2,(H,14,15,16). The molecule has 2 aromatic rings. The number of hydrogen-bond acceptors (Lipinski definition) is 7. The van der Waals surface area contributed by atoms with Crippen LogP contribution in [0.1, 0.15) is 0 Å². The molecule has 0 saturated carbocycles. The summed E-state index contributed by atoms with van der Waals surface area (Å²) in [5, 5.41) is 11.1. The number of halogens is 2. The van der Waals surface area contributed by atoms with E-state index in [0.717, 1.165) is 0 Å². The molecule has 2 rings (SSSR count). The summed E-state index contributed by atoms with van der Waals surface area (Å²) in [5.41, 5.74) is 2.06. The summed E-state index contributed by atoms with van der Waals surface area (Å²) in [6.45, 7) is 0. The van der Waals surface area contributed by atoms with Gasteiger partial charge in [-0.2, -0.15) is 0 Å². The van der Waals surface area contributed by atoms with Crippen LogP contribution >= 0.6 is 27.5 Å². The molecule has 8 nitrogen and oxygen atoms in total. The zero-order valence-corrected chi connectivity index (χ0v) is 12.1. The molecule has 1 heterocycles. The van der Waals surface area contributed by atoms with E-state index in [4.69, 9.17) is 22.2 Å². The Bertz CT molecular complexity index is 669. The smallest absolute Gasteiger partial charge is 0.313 e. The van der Waals surface area contributed by atoms with Gasteiger partial charge in [-0.25, -0.2) is 15.8 Å². The van der Waals surface area contributed by atoms with Gasteiger partial charge in [-0.15, -0.1) is 0 Å². The van der Waals surface area contributed by atoms with Gasteiger partial charge in [0.15, 0.2) is 5.82 Å². The Morgan fingerprint density at radius 2 is 2.20 bits per heavy atom. The highest BCUT2D eigenvalue weighted by molar-refractivity contribution is 9.10. The molecule has 3 N–H and O–H groups in total. The van der Waals surface area contributed by atoms with Gasteiger partial charge in [-0.3, -0.25) is 10.1 Å². The van der Waals surface area contributed by atoms with Gasteiger partial charge in [0.25, 0.3) is 0 Å². The van der Waals surface area contributed by atoms with Gasteiger partial charge in [0.1, 0.15) is 10.8 Å². The van der Waals surface area contributed by atoms with E-state index in [9.17, 15) is 10.1 Å². The van der Waals surface area contributed by atoms with Crippen LogP contribution in [0, 0.1) is 10.1 Å². The first-order valence-corrected chi connectivity index (χ1v) is 6.29. The van der Waals surface area contributed by atoms with Crippen molar-refractivity contribution in [3.8, 4) is 11.6 Å². The third-order valence-electron chi connectivity index (χ3n) is 2.24. The van der Waals surface area contributed by atoms with Gasteiger partial charge < -0.3 is 10.2 Å². The lowest BCUT2D eigenvalue weighted by molar-refractivity contribution is -0.385. The lowest BCUT2D eigenvalue weighted by Crippen LogP contribution is -2.10. The number of aromatic nitrogens is 2. The molecule has 1 aromatic carbocycles. The van der Waals surface area contributed by atoms with E-state index in [1.807, 2.05) is 0 Å². The lowest BCUT2D eigenvalue weighted by Gasteiger charge is -2.10. The van der Waals surface area contributed by atoms with Crippen LogP contribution in [0.3, 0.4) is 0 Å². The van der Waals surface area contributed by atoms with E-state index in [2.05, 4.69) is 31.3 Å². The lowest BCUT2D eigenvalue weighted by atomic mass is 10.3. The zero-order valence-electron chi connectivity index (χ0n) is 9.71. The van der Waals surface area contributed by atoms with Crippen LogP contribution in [0.2, 0.25) is 5.02 Å². The van der Waals surface area contributed by atoms with Crippen molar-refractivity contribution in [1.29, 1.82) is 0 Å². The quantitative estimate of drug-likeness (QED) is 0.489. The largest absolute Gasteiger partial charge is 0.429 e. The van der Waals surface area contributed by atoms with E-state index >= 15 is 0 Å². The van der Waals surface area contributed by atoms with Crippen molar-refractivity contribution in [3.63, 3.8) is 0 Å². The van der Waals surface area contributed by atoms with Crippen molar-refractivity contribution in [2.24, 2.45) is 5.84 Å². The summed E-state index contributed by atoms with van der Waals surface area (Å²) >= 11 is 9.10. The fourth-order valence-corrected chi connectivity index (χ4v) is 1.97. The predicted octanol–water partition coefficient (Wildman–Crippen LogP) is 2.88. The minimum absolute atomic E-state index is 0.0455. The molecule has 0 spiro atoms. The van der Waals surface area contributed by atoms with Gasteiger partial charge >= 0.3 is 5.69 Å². The Morgan fingerprint density at radius 1 is 1.45 bits per heavy atom. The second kappa shape index (κ2) is 5.99. The number of nitrogens with zero attached hydrogens (tertiary/aromatic N) is 3. The number of anilines is 1. The van der Waals surface area contributed by atoms with E-state index in [-0.39, 0.29) is 28.2 Å². The van der Waals surface area contributed by atoms with Crippen molar-refractivity contribution in [2.75, 3.05) is 5.43 Å². The third kappa shape index (κ3) is 2.79. The summed E-state index contributed by atoms with van der Waals surface area (Å²) in [4.78, 5) is 18.1. The van der Waals surface area contributed by atoms with Gasteiger partial charge in [-0.05, 0) is 22.0 Å². The van der Waals surface area contributed by atoms with E-state index in [1.54, 1.807) is 0 Å². The molecule has 0 saturated heterocycles. The molecule has 20 heavy (non-hydrogen) atoms. The van der Waals surface area contributed by atoms with Crippen LogP contribution in [0.25, 0.3) is 0 Å². The number of hydrogen-bond donors (Lipinski definition) is 2. The first-order chi connectivity index (χ1) is 9.54. The summed E-state index contributed by atoms with van der Waals surface area (Å²) in [6.07, 6.45) is 1.19. The summed E-state index contributed by atoms with van der Waals surface area (Å²) in [5.74, 6) is 5.46.